The molecule has 0 saturated heterocycles. The van der Waals surface area contributed by atoms with Crippen LogP contribution in [0.25, 0.3) is 5.69 Å². The zero-order chi connectivity index (χ0) is 20.6. The lowest BCUT2D eigenvalue weighted by atomic mass is 10.3. The van der Waals surface area contributed by atoms with E-state index in [0.717, 1.165) is 11.4 Å². The second kappa shape index (κ2) is 10.2. The zero-order valence-corrected chi connectivity index (χ0v) is 17.6. The Hall–Kier alpha value is -2.71. The van der Waals surface area contributed by atoms with Crippen molar-refractivity contribution in [1.82, 2.24) is 14.8 Å². The first kappa shape index (κ1) is 21.0. The van der Waals surface area contributed by atoms with E-state index >= 15 is 0 Å². The summed E-state index contributed by atoms with van der Waals surface area (Å²) >= 11 is 7.25. The standard InChI is InChI=1S/C20H20ClN3O4S/c1-3-27-16-8-10-17(11-9-16)28-12-18-22-23-20(29-13-19(25)26-2)24(18)15-6-4-14(21)5-7-15/h4-11H,3,12-13H2,1-2H3. The van der Waals surface area contributed by atoms with Crippen molar-refractivity contribution in [3.05, 3.63) is 59.4 Å². The number of hydrogen-bond acceptors (Lipinski definition) is 7. The quantitative estimate of drug-likeness (QED) is 0.370. The molecule has 3 aromatic rings. The van der Waals surface area contributed by atoms with Gasteiger partial charge in [-0.3, -0.25) is 9.36 Å². The monoisotopic (exact) mass is 433 g/mol. The number of esters is 1. The second-order valence-electron chi connectivity index (χ2n) is 5.77. The van der Waals surface area contributed by atoms with Crippen molar-refractivity contribution in [2.75, 3.05) is 19.5 Å². The molecular formula is C20H20ClN3O4S. The summed E-state index contributed by atoms with van der Waals surface area (Å²) in [5.41, 5.74) is 0.817. The Balaban J connectivity index is 1.80. The molecule has 152 valence electrons. The summed E-state index contributed by atoms with van der Waals surface area (Å²) in [6.07, 6.45) is 0. The number of carbonyl (C=O) groups is 1. The molecule has 3 rings (SSSR count). The van der Waals surface area contributed by atoms with Crippen LogP contribution >= 0.6 is 23.4 Å². The lowest BCUT2D eigenvalue weighted by Crippen LogP contribution is -2.08. The molecule has 0 aliphatic heterocycles. The minimum absolute atomic E-state index is 0.127. The molecule has 9 heteroatoms. The number of aromatic nitrogens is 3. The third-order valence-corrected chi connectivity index (χ3v) is 4.99. The fourth-order valence-corrected chi connectivity index (χ4v) is 3.40. The highest BCUT2D eigenvalue weighted by atomic mass is 35.5. The summed E-state index contributed by atoms with van der Waals surface area (Å²) < 4.78 is 17.8. The second-order valence-corrected chi connectivity index (χ2v) is 7.15. The number of halogens is 1. The normalized spacial score (nSPS) is 10.6. The molecule has 0 N–H and O–H groups in total. The first-order chi connectivity index (χ1) is 14.1. The summed E-state index contributed by atoms with van der Waals surface area (Å²) in [6.45, 7) is 2.74. The number of carbonyl (C=O) groups excluding carboxylic acids is 1. The molecular weight excluding hydrogens is 414 g/mol. The van der Waals surface area contributed by atoms with Gasteiger partial charge in [-0.2, -0.15) is 0 Å². The molecule has 0 bridgehead atoms. The van der Waals surface area contributed by atoms with Crippen LogP contribution in [0.1, 0.15) is 12.7 Å². The maximum absolute atomic E-state index is 11.5. The Kier molecular flexibility index (Phi) is 7.37. The van der Waals surface area contributed by atoms with Crippen LogP contribution in [0, 0.1) is 0 Å². The highest BCUT2D eigenvalue weighted by Crippen LogP contribution is 2.25. The van der Waals surface area contributed by atoms with Crippen molar-refractivity contribution in [2.45, 2.75) is 18.7 Å². The minimum atomic E-state index is -0.340. The van der Waals surface area contributed by atoms with Crippen molar-refractivity contribution >= 4 is 29.3 Å². The molecule has 0 spiro atoms. The number of rotatable bonds is 9. The molecule has 7 nitrogen and oxygen atoms in total. The highest BCUT2D eigenvalue weighted by Gasteiger charge is 2.16. The molecule has 0 radical (unpaired) electrons. The van der Waals surface area contributed by atoms with Crippen molar-refractivity contribution in [2.24, 2.45) is 0 Å². The van der Waals surface area contributed by atoms with Gasteiger partial charge in [0, 0.05) is 10.7 Å². The summed E-state index contributed by atoms with van der Waals surface area (Å²) in [4.78, 5) is 11.5. The fraction of sp³-hybridized carbons (Fsp3) is 0.250. The third-order valence-electron chi connectivity index (χ3n) is 3.83. The predicted molar refractivity (Wildman–Crippen MR) is 111 cm³/mol. The van der Waals surface area contributed by atoms with Gasteiger partial charge in [-0.05, 0) is 55.5 Å². The first-order valence-electron chi connectivity index (χ1n) is 8.86. The van der Waals surface area contributed by atoms with Crippen LogP contribution in [0.5, 0.6) is 11.5 Å². The Morgan fingerprint density at radius 2 is 1.69 bits per heavy atom. The van der Waals surface area contributed by atoms with Crippen LogP contribution in [0.3, 0.4) is 0 Å². The van der Waals surface area contributed by atoms with Gasteiger partial charge in [0.05, 0.1) is 19.5 Å². The topological polar surface area (TPSA) is 75.5 Å². The largest absolute Gasteiger partial charge is 0.494 e. The summed E-state index contributed by atoms with van der Waals surface area (Å²) in [7, 11) is 1.35. The summed E-state index contributed by atoms with van der Waals surface area (Å²) in [5.74, 6) is 1.84. The molecule has 0 fully saturated rings. The van der Waals surface area contributed by atoms with Gasteiger partial charge in [0.15, 0.2) is 11.0 Å². The molecule has 0 aliphatic carbocycles. The van der Waals surface area contributed by atoms with Crippen LogP contribution in [0.15, 0.2) is 53.7 Å². The van der Waals surface area contributed by atoms with Gasteiger partial charge in [0.25, 0.3) is 0 Å². The van der Waals surface area contributed by atoms with Gasteiger partial charge in [-0.25, -0.2) is 0 Å². The number of thioether (sulfide) groups is 1. The van der Waals surface area contributed by atoms with Crippen LogP contribution in [-0.2, 0) is 16.1 Å². The molecule has 1 heterocycles. The molecule has 0 unspecified atom stereocenters. The molecule has 0 aliphatic rings. The minimum Gasteiger partial charge on any atom is -0.494 e. The maximum atomic E-state index is 11.5. The van der Waals surface area contributed by atoms with E-state index in [0.29, 0.717) is 28.4 Å². The van der Waals surface area contributed by atoms with Crippen molar-refractivity contribution < 1.29 is 19.0 Å². The van der Waals surface area contributed by atoms with Crippen LogP contribution in [-0.4, -0.2) is 40.2 Å². The van der Waals surface area contributed by atoms with Crippen molar-refractivity contribution in [3.63, 3.8) is 0 Å². The lowest BCUT2D eigenvalue weighted by Gasteiger charge is -2.11. The van der Waals surface area contributed by atoms with E-state index in [-0.39, 0.29) is 18.3 Å². The lowest BCUT2D eigenvalue weighted by molar-refractivity contribution is -0.137. The van der Waals surface area contributed by atoms with Crippen molar-refractivity contribution in [3.8, 4) is 17.2 Å². The van der Waals surface area contributed by atoms with Gasteiger partial charge in [-0.15, -0.1) is 10.2 Å². The first-order valence-corrected chi connectivity index (χ1v) is 10.2. The van der Waals surface area contributed by atoms with E-state index in [1.807, 2.05) is 47.9 Å². The average molecular weight is 434 g/mol. The zero-order valence-electron chi connectivity index (χ0n) is 16.0. The van der Waals surface area contributed by atoms with Gasteiger partial charge in [0.1, 0.15) is 18.1 Å². The van der Waals surface area contributed by atoms with Crippen LogP contribution in [0.4, 0.5) is 0 Å². The highest BCUT2D eigenvalue weighted by molar-refractivity contribution is 7.99. The van der Waals surface area contributed by atoms with E-state index in [1.54, 1.807) is 12.1 Å². The SMILES string of the molecule is CCOc1ccc(OCc2nnc(SCC(=O)OC)n2-c2ccc(Cl)cc2)cc1. The van der Waals surface area contributed by atoms with Gasteiger partial charge in [0.2, 0.25) is 0 Å². The summed E-state index contributed by atoms with van der Waals surface area (Å²) in [5, 5.41) is 9.63. The number of methoxy groups -OCH3 is 1. The Morgan fingerprint density at radius 3 is 2.31 bits per heavy atom. The van der Waals surface area contributed by atoms with E-state index in [2.05, 4.69) is 10.2 Å². The number of hydrogen-bond donors (Lipinski definition) is 0. The Bertz CT molecular complexity index is 945. The van der Waals surface area contributed by atoms with E-state index in [1.165, 1.54) is 18.9 Å². The number of ether oxygens (including phenoxy) is 3. The van der Waals surface area contributed by atoms with Crippen LogP contribution in [0.2, 0.25) is 5.02 Å². The van der Waals surface area contributed by atoms with Gasteiger partial charge >= 0.3 is 5.97 Å². The fourth-order valence-electron chi connectivity index (χ4n) is 2.47. The molecule has 29 heavy (non-hydrogen) atoms. The van der Waals surface area contributed by atoms with Crippen LogP contribution < -0.4 is 9.47 Å². The molecule has 0 atom stereocenters. The Labute approximate surface area is 177 Å². The third kappa shape index (κ3) is 5.65. The molecule has 0 amide bonds. The van der Waals surface area contributed by atoms with Gasteiger partial charge in [-0.1, -0.05) is 23.4 Å². The van der Waals surface area contributed by atoms with Gasteiger partial charge < -0.3 is 14.2 Å². The van der Waals surface area contributed by atoms with E-state index < -0.39 is 0 Å². The summed E-state index contributed by atoms with van der Waals surface area (Å²) in [6, 6.07) is 14.6. The number of nitrogens with zero attached hydrogens (tertiary/aromatic N) is 3. The van der Waals surface area contributed by atoms with Crippen molar-refractivity contribution in [1.29, 1.82) is 0 Å². The average Bonchev–Trinajstić information content (AvgIpc) is 3.15. The Morgan fingerprint density at radius 1 is 1.03 bits per heavy atom. The molecule has 1 aromatic heterocycles. The number of benzene rings is 2. The maximum Gasteiger partial charge on any atom is 0.316 e. The van der Waals surface area contributed by atoms with E-state index in [4.69, 9.17) is 25.8 Å². The smallest absolute Gasteiger partial charge is 0.316 e. The predicted octanol–water partition coefficient (Wildman–Crippen LogP) is 4.16. The van der Waals surface area contributed by atoms with E-state index in [9.17, 15) is 4.79 Å². The molecule has 0 saturated carbocycles. The molecule has 2 aromatic carbocycles.